The van der Waals surface area contributed by atoms with Crippen LogP contribution < -0.4 is 9.64 Å². The fraction of sp³-hybridized carbons (Fsp3) is 0.481. The highest BCUT2D eigenvalue weighted by Gasteiger charge is 2.41. The van der Waals surface area contributed by atoms with Crippen LogP contribution in [-0.2, 0) is 6.54 Å². The summed E-state index contributed by atoms with van der Waals surface area (Å²) in [6, 6.07) is 4.23. The van der Waals surface area contributed by atoms with Gasteiger partial charge in [-0.05, 0) is 48.7 Å². The van der Waals surface area contributed by atoms with E-state index in [1.165, 1.54) is 12.1 Å². The Labute approximate surface area is 204 Å². The summed E-state index contributed by atoms with van der Waals surface area (Å²) in [6.45, 7) is 17.0. The second kappa shape index (κ2) is 11.0. The molecule has 2 rings (SSSR count). The standard InChI is InChI=1S/C27H37FN2O3Si/c1-17(2)34(18(3)4,19(5)6)11-10-22-12-23(28)14-24(13-22)30(27(31)32)16-25-21(8)26(33-9)20(7)15-29-25/h12-15,17-19H,16H2,1-9H3,(H,31,32). The highest BCUT2D eigenvalue weighted by Crippen LogP contribution is 2.40. The number of anilines is 1. The number of aryl methyl sites for hydroxylation is 1. The molecule has 0 aliphatic rings. The zero-order valence-electron chi connectivity index (χ0n) is 21.8. The second-order valence-corrected chi connectivity index (χ2v) is 15.3. The van der Waals surface area contributed by atoms with Gasteiger partial charge in [0.05, 0.1) is 25.0 Å². The Kier molecular flexibility index (Phi) is 8.90. The zero-order chi connectivity index (χ0) is 25.8. The van der Waals surface area contributed by atoms with E-state index in [9.17, 15) is 14.3 Å². The van der Waals surface area contributed by atoms with Crippen molar-refractivity contribution in [2.45, 2.75) is 78.6 Å². The molecule has 1 aromatic heterocycles. The fourth-order valence-electron chi connectivity index (χ4n) is 5.07. The largest absolute Gasteiger partial charge is 0.496 e. The molecule has 0 radical (unpaired) electrons. The minimum atomic E-state index is -2.02. The van der Waals surface area contributed by atoms with E-state index in [0.717, 1.165) is 16.0 Å². The van der Waals surface area contributed by atoms with E-state index in [0.29, 0.717) is 33.6 Å². The zero-order valence-corrected chi connectivity index (χ0v) is 22.8. The predicted molar refractivity (Wildman–Crippen MR) is 139 cm³/mol. The number of amides is 1. The highest BCUT2D eigenvalue weighted by atomic mass is 28.3. The summed E-state index contributed by atoms with van der Waals surface area (Å²) in [7, 11) is -0.446. The molecule has 0 fully saturated rings. The first kappa shape index (κ1) is 27.4. The van der Waals surface area contributed by atoms with Gasteiger partial charge in [0, 0.05) is 22.9 Å². The smallest absolute Gasteiger partial charge is 0.412 e. The maximum Gasteiger partial charge on any atom is 0.412 e. The quantitative estimate of drug-likeness (QED) is 0.336. The van der Waals surface area contributed by atoms with Crippen molar-refractivity contribution in [2.24, 2.45) is 0 Å². The molecule has 0 aliphatic heterocycles. The first-order chi connectivity index (χ1) is 15.8. The summed E-state index contributed by atoms with van der Waals surface area (Å²) in [5.41, 5.74) is 7.77. The Hall–Kier alpha value is -2.85. The van der Waals surface area contributed by atoms with Gasteiger partial charge in [-0.3, -0.25) is 9.88 Å². The lowest BCUT2D eigenvalue weighted by atomic mass is 10.1. The van der Waals surface area contributed by atoms with Crippen LogP contribution in [0.3, 0.4) is 0 Å². The van der Waals surface area contributed by atoms with Crippen molar-refractivity contribution in [1.82, 2.24) is 4.98 Å². The normalized spacial score (nSPS) is 11.6. The molecule has 0 aliphatic carbocycles. The van der Waals surface area contributed by atoms with Crippen molar-refractivity contribution in [2.75, 3.05) is 12.0 Å². The Morgan fingerprint density at radius 2 is 1.71 bits per heavy atom. The summed E-state index contributed by atoms with van der Waals surface area (Å²) >= 11 is 0. The topological polar surface area (TPSA) is 62.7 Å². The average molecular weight is 485 g/mol. The van der Waals surface area contributed by atoms with Crippen molar-refractivity contribution in [1.29, 1.82) is 0 Å². The fourth-order valence-corrected chi connectivity index (χ4v) is 10.3. The number of hydrogen-bond acceptors (Lipinski definition) is 3. The number of benzene rings is 1. The number of pyridine rings is 1. The van der Waals surface area contributed by atoms with Crippen LogP contribution in [0.4, 0.5) is 14.9 Å². The summed E-state index contributed by atoms with van der Waals surface area (Å²) in [6.07, 6.45) is 0.456. The molecule has 0 spiro atoms. The number of aromatic nitrogens is 1. The Morgan fingerprint density at radius 3 is 2.21 bits per heavy atom. The van der Waals surface area contributed by atoms with Crippen LogP contribution >= 0.6 is 0 Å². The van der Waals surface area contributed by atoms with Crippen LogP contribution in [0.1, 0.15) is 63.9 Å². The molecule has 5 nitrogen and oxygen atoms in total. The van der Waals surface area contributed by atoms with Crippen molar-refractivity contribution in [3.63, 3.8) is 0 Å². The van der Waals surface area contributed by atoms with Crippen molar-refractivity contribution >= 4 is 19.9 Å². The molecule has 1 aromatic carbocycles. The summed E-state index contributed by atoms with van der Waals surface area (Å²) in [5, 5.41) is 9.93. The number of methoxy groups -OCH3 is 1. The molecule has 34 heavy (non-hydrogen) atoms. The number of halogens is 1. The van der Waals surface area contributed by atoms with E-state index in [1.54, 1.807) is 19.4 Å². The number of hydrogen-bond donors (Lipinski definition) is 1. The van der Waals surface area contributed by atoms with Gasteiger partial charge in [-0.15, -0.1) is 5.54 Å². The molecule has 184 valence electrons. The van der Waals surface area contributed by atoms with E-state index < -0.39 is 20.0 Å². The van der Waals surface area contributed by atoms with Gasteiger partial charge in [0.1, 0.15) is 19.6 Å². The SMILES string of the molecule is COc1c(C)cnc(CN(C(=O)O)c2cc(F)cc(C#C[Si](C(C)C)(C(C)C)C(C)C)c2)c1C. The molecule has 0 bridgehead atoms. The lowest BCUT2D eigenvalue weighted by Gasteiger charge is -2.38. The summed E-state index contributed by atoms with van der Waals surface area (Å²) < 4.78 is 20.1. The number of carboxylic acid groups (broad SMARTS) is 1. The van der Waals surface area contributed by atoms with Crippen LogP contribution in [0.5, 0.6) is 5.75 Å². The average Bonchev–Trinajstić information content (AvgIpc) is 2.72. The van der Waals surface area contributed by atoms with Gasteiger partial charge >= 0.3 is 6.09 Å². The van der Waals surface area contributed by atoms with Gasteiger partial charge in [-0.2, -0.15) is 0 Å². The minimum absolute atomic E-state index is 0.0310. The van der Waals surface area contributed by atoms with Crippen molar-refractivity contribution in [3.8, 4) is 17.2 Å². The van der Waals surface area contributed by atoms with Gasteiger partial charge in [-0.1, -0.05) is 47.5 Å². The van der Waals surface area contributed by atoms with E-state index in [2.05, 4.69) is 58.0 Å². The van der Waals surface area contributed by atoms with Crippen LogP contribution in [0.15, 0.2) is 24.4 Å². The lowest BCUT2D eigenvalue weighted by Crippen LogP contribution is -2.43. The van der Waals surface area contributed by atoms with Gasteiger partial charge in [-0.25, -0.2) is 9.18 Å². The van der Waals surface area contributed by atoms with Crippen LogP contribution in [0.25, 0.3) is 0 Å². The lowest BCUT2D eigenvalue weighted by molar-refractivity contribution is 0.201. The van der Waals surface area contributed by atoms with Gasteiger partial charge in [0.25, 0.3) is 0 Å². The Bertz CT molecular complexity index is 1080. The molecular weight excluding hydrogens is 447 g/mol. The number of rotatable bonds is 7. The monoisotopic (exact) mass is 484 g/mol. The molecule has 0 unspecified atom stereocenters. The summed E-state index contributed by atoms with van der Waals surface area (Å²) in [5.74, 6) is 3.36. The Balaban J connectivity index is 2.55. The summed E-state index contributed by atoms with van der Waals surface area (Å²) in [4.78, 5) is 17.7. The third-order valence-corrected chi connectivity index (χ3v) is 13.1. The number of nitrogens with zero attached hydrogens (tertiary/aromatic N) is 2. The van der Waals surface area contributed by atoms with E-state index in [4.69, 9.17) is 4.74 Å². The molecular formula is C27H37FN2O3Si. The van der Waals surface area contributed by atoms with E-state index in [-0.39, 0.29) is 12.2 Å². The van der Waals surface area contributed by atoms with Crippen molar-refractivity contribution in [3.05, 3.63) is 52.6 Å². The second-order valence-electron chi connectivity index (χ2n) is 9.76. The number of carbonyl (C=O) groups is 1. The highest BCUT2D eigenvalue weighted by molar-refractivity contribution is 6.90. The molecule has 1 N–H and O–H groups in total. The minimum Gasteiger partial charge on any atom is -0.496 e. The van der Waals surface area contributed by atoms with Crippen molar-refractivity contribution < 1.29 is 19.0 Å². The van der Waals surface area contributed by atoms with Crippen LogP contribution in [0.2, 0.25) is 16.6 Å². The first-order valence-corrected chi connectivity index (χ1v) is 13.9. The van der Waals surface area contributed by atoms with Gasteiger partial charge in [0.15, 0.2) is 0 Å². The Morgan fingerprint density at radius 1 is 1.12 bits per heavy atom. The first-order valence-electron chi connectivity index (χ1n) is 11.7. The van der Waals surface area contributed by atoms with Crippen LogP contribution in [-0.4, -0.2) is 31.4 Å². The third-order valence-electron chi connectivity index (χ3n) is 6.77. The van der Waals surface area contributed by atoms with E-state index >= 15 is 0 Å². The molecule has 1 amide bonds. The predicted octanol–water partition coefficient (Wildman–Crippen LogP) is 7.10. The van der Waals surface area contributed by atoms with Gasteiger partial charge in [0.2, 0.25) is 0 Å². The van der Waals surface area contributed by atoms with E-state index in [1.807, 2.05) is 13.8 Å². The molecule has 0 saturated carbocycles. The van der Waals surface area contributed by atoms with Gasteiger partial charge < -0.3 is 9.84 Å². The molecule has 2 aromatic rings. The molecule has 0 atom stereocenters. The maximum atomic E-state index is 14.6. The molecule has 1 heterocycles. The maximum absolute atomic E-state index is 14.6. The number of ether oxygens (including phenoxy) is 1. The third kappa shape index (κ3) is 5.61. The molecule has 0 saturated heterocycles. The molecule has 7 heteroatoms. The van der Waals surface area contributed by atoms with Crippen LogP contribution in [0, 0.1) is 31.1 Å².